The summed E-state index contributed by atoms with van der Waals surface area (Å²) in [6, 6.07) is 12.1. The Labute approximate surface area is 178 Å². The van der Waals surface area contributed by atoms with E-state index in [1.54, 1.807) is 26.6 Å². The number of benzene rings is 1. The molecule has 6 nitrogen and oxygen atoms in total. The molecular weight excluding hydrogens is 380 g/mol. The van der Waals surface area contributed by atoms with E-state index < -0.39 is 5.79 Å². The SMILES string of the molecule is CN1CCC2C=CC3(CC21)OCC(c1ccncc1)O3.COc1ccccc1OC. The largest absolute Gasteiger partial charge is 0.493 e. The van der Waals surface area contributed by atoms with Gasteiger partial charge in [-0.25, -0.2) is 0 Å². The molecule has 6 heteroatoms. The van der Waals surface area contributed by atoms with Crippen LogP contribution in [0.4, 0.5) is 0 Å². The molecule has 1 aromatic carbocycles. The van der Waals surface area contributed by atoms with Crippen LogP contribution in [0, 0.1) is 5.92 Å². The van der Waals surface area contributed by atoms with Crippen molar-refractivity contribution >= 4 is 0 Å². The first-order chi connectivity index (χ1) is 14.6. The predicted octanol–water partition coefficient (Wildman–Crippen LogP) is 3.85. The van der Waals surface area contributed by atoms with Crippen molar-refractivity contribution < 1.29 is 18.9 Å². The Morgan fingerprint density at radius 3 is 2.43 bits per heavy atom. The smallest absolute Gasteiger partial charge is 0.190 e. The van der Waals surface area contributed by atoms with E-state index in [2.05, 4.69) is 29.1 Å². The maximum absolute atomic E-state index is 6.27. The number of fused-ring (bicyclic) bond motifs is 1. The monoisotopic (exact) mass is 410 g/mol. The molecule has 2 saturated heterocycles. The van der Waals surface area contributed by atoms with Gasteiger partial charge in [0.2, 0.25) is 0 Å². The Balaban J connectivity index is 0.000000185. The zero-order chi connectivity index (χ0) is 21.0. The van der Waals surface area contributed by atoms with Gasteiger partial charge in [-0.05, 0) is 61.8 Å². The summed E-state index contributed by atoms with van der Waals surface area (Å²) in [5, 5.41) is 0. The highest BCUT2D eigenvalue weighted by molar-refractivity contribution is 5.39. The first-order valence-electron chi connectivity index (χ1n) is 10.4. The van der Waals surface area contributed by atoms with Crippen molar-refractivity contribution in [2.75, 3.05) is 34.4 Å². The molecule has 0 N–H and O–H groups in total. The lowest BCUT2D eigenvalue weighted by molar-refractivity contribution is -0.148. The second-order valence-corrected chi connectivity index (χ2v) is 7.93. The van der Waals surface area contributed by atoms with Crippen molar-refractivity contribution in [3.63, 3.8) is 0 Å². The minimum atomic E-state index is -0.520. The van der Waals surface area contributed by atoms with Crippen LogP contribution in [0.3, 0.4) is 0 Å². The number of likely N-dealkylation sites (tertiary alicyclic amines) is 1. The number of nitrogens with zero attached hydrogens (tertiary/aromatic N) is 2. The van der Waals surface area contributed by atoms with E-state index in [4.69, 9.17) is 18.9 Å². The number of rotatable bonds is 3. The molecule has 0 radical (unpaired) electrons. The first-order valence-corrected chi connectivity index (χ1v) is 10.4. The maximum atomic E-state index is 6.27. The molecule has 0 bridgehead atoms. The molecule has 1 spiro atoms. The average molecular weight is 411 g/mol. The Bertz CT molecular complexity index is 836. The summed E-state index contributed by atoms with van der Waals surface area (Å²) in [5.41, 5.74) is 1.15. The van der Waals surface area contributed by atoms with Crippen LogP contribution in [0.1, 0.15) is 24.5 Å². The highest BCUT2D eigenvalue weighted by Gasteiger charge is 2.47. The molecule has 30 heavy (non-hydrogen) atoms. The number of hydrogen-bond acceptors (Lipinski definition) is 6. The Hall–Kier alpha value is -2.41. The van der Waals surface area contributed by atoms with Crippen LogP contribution >= 0.6 is 0 Å². The zero-order valence-corrected chi connectivity index (χ0v) is 17.9. The Morgan fingerprint density at radius 1 is 1.07 bits per heavy atom. The van der Waals surface area contributed by atoms with Crippen LogP contribution in [0.2, 0.25) is 0 Å². The van der Waals surface area contributed by atoms with Gasteiger partial charge in [0.1, 0.15) is 6.10 Å². The van der Waals surface area contributed by atoms with E-state index in [0.29, 0.717) is 18.6 Å². The van der Waals surface area contributed by atoms with E-state index in [1.807, 2.05) is 36.4 Å². The van der Waals surface area contributed by atoms with Gasteiger partial charge in [-0.3, -0.25) is 4.98 Å². The molecule has 0 amide bonds. The summed E-state index contributed by atoms with van der Waals surface area (Å²) in [7, 11) is 5.45. The lowest BCUT2D eigenvalue weighted by atomic mass is 9.87. The number of methoxy groups -OCH3 is 2. The standard InChI is InChI=1S/C16H20N2O2.C8H10O2/c1-18-9-5-12-2-6-16(10-14(12)18)19-11-15(20-16)13-3-7-17-8-4-13;1-9-7-5-3-4-6-8(7)10-2/h2-4,6-8,12,14-15H,5,9-11H2,1H3;3-6H,1-2H3. The molecule has 2 aliphatic heterocycles. The van der Waals surface area contributed by atoms with Gasteiger partial charge in [-0.2, -0.15) is 0 Å². The molecule has 3 heterocycles. The molecule has 0 saturated carbocycles. The molecule has 160 valence electrons. The first kappa shape index (κ1) is 20.8. The van der Waals surface area contributed by atoms with Gasteiger partial charge >= 0.3 is 0 Å². The van der Waals surface area contributed by atoms with Crippen LogP contribution in [0.25, 0.3) is 0 Å². The quantitative estimate of drug-likeness (QED) is 0.717. The van der Waals surface area contributed by atoms with Gasteiger partial charge < -0.3 is 23.8 Å². The van der Waals surface area contributed by atoms with E-state index in [0.717, 1.165) is 23.5 Å². The number of hydrogen-bond donors (Lipinski definition) is 0. The van der Waals surface area contributed by atoms with Crippen LogP contribution in [0.5, 0.6) is 11.5 Å². The summed E-state index contributed by atoms with van der Waals surface area (Å²) < 4.78 is 22.3. The topological polar surface area (TPSA) is 53.1 Å². The van der Waals surface area contributed by atoms with Crippen molar-refractivity contribution in [3.8, 4) is 11.5 Å². The number of para-hydroxylation sites is 2. The van der Waals surface area contributed by atoms with Crippen LogP contribution < -0.4 is 9.47 Å². The predicted molar refractivity (Wildman–Crippen MR) is 115 cm³/mol. The average Bonchev–Trinajstić information content (AvgIpc) is 3.38. The third-order valence-corrected chi connectivity index (χ3v) is 6.15. The molecule has 2 fully saturated rings. The van der Waals surface area contributed by atoms with E-state index in [1.165, 1.54) is 13.0 Å². The lowest BCUT2D eigenvalue weighted by Gasteiger charge is -2.36. The molecule has 1 aromatic heterocycles. The Morgan fingerprint density at radius 2 is 1.77 bits per heavy atom. The van der Waals surface area contributed by atoms with Crippen molar-refractivity contribution in [1.29, 1.82) is 0 Å². The van der Waals surface area contributed by atoms with Crippen molar-refractivity contribution in [2.24, 2.45) is 5.92 Å². The van der Waals surface area contributed by atoms with E-state index in [9.17, 15) is 0 Å². The summed E-state index contributed by atoms with van der Waals surface area (Å²) in [4.78, 5) is 6.49. The fourth-order valence-corrected chi connectivity index (χ4v) is 4.45. The minimum Gasteiger partial charge on any atom is -0.493 e. The van der Waals surface area contributed by atoms with E-state index >= 15 is 0 Å². The summed E-state index contributed by atoms with van der Waals surface area (Å²) in [5.74, 6) is 1.68. The van der Waals surface area contributed by atoms with Gasteiger partial charge in [0.25, 0.3) is 0 Å². The fraction of sp³-hybridized carbons (Fsp3) is 0.458. The van der Waals surface area contributed by atoms with Gasteiger partial charge in [-0.15, -0.1) is 0 Å². The zero-order valence-electron chi connectivity index (χ0n) is 17.9. The maximum Gasteiger partial charge on any atom is 0.190 e. The number of aromatic nitrogens is 1. The second kappa shape index (κ2) is 9.16. The summed E-state index contributed by atoms with van der Waals surface area (Å²) in [6.07, 6.45) is 10.3. The normalized spacial score (nSPS) is 29.9. The van der Waals surface area contributed by atoms with Crippen molar-refractivity contribution in [2.45, 2.75) is 30.8 Å². The Kier molecular flexibility index (Phi) is 6.37. The summed E-state index contributed by atoms with van der Waals surface area (Å²) >= 11 is 0. The lowest BCUT2D eigenvalue weighted by Crippen LogP contribution is -2.42. The third-order valence-electron chi connectivity index (χ3n) is 6.15. The van der Waals surface area contributed by atoms with Crippen LogP contribution in [-0.2, 0) is 9.47 Å². The molecule has 1 aliphatic carbocycles. The molecule has 4 atom stereocenters. The molecule has 3 aliphatic rings. The van der Waals surface area contributed by atoms with E-state index in [-0.39, 0.29) is 6.10 Å². The van der Waals surface area contributed by atoms with Crippen LogP contribution in [0.15, 0.2) is 60.9 Å². The van der Waals surface area contributed by atoms with Crippen LogP contribution in [-0.4, -0.2) is 56.1 Å². The van der Waals surface area contributed by atoms with Gasteiger partial charge in [-0.1, -0.05) is 18.2 Å². The molecule has 5 rings (SSSR count). The van der Waals surface area contributed by atoms with Gasteiger partial charge in [0.15, 0.2) is 17.3 Å². The fourth-order valence-electron chi connectivity index (χ4n) is 4.45. The second-order valence-electron chi connectivity index (χ2n) is 7.93. The van der Waals surface area contributed by atoms with Gasteiger partial charge in [0.05, 0.1) is 20.8 Å². The third kappa shape index (κ3) is 4.36. The number of ether oxygens (including phenoxy) is 4. The van der Waals surface area contributed by atoms with Crippen molar-refractivity contribution in [3.05, 3.63) is 66.5 Å². The van der Waals surface area contributed by atoms with Crippen molar-refractivity contribution in [1.82, 2.24) is 9.88 Å². The number of pyridine rings is 1. The van der Waals surface area contributed by atoms with Gasteiger partial charge in [0, 0.05) is 24.9 Å². The molecular formula is C24H30N2O4. The summed E-state index contributed by atoms with van der Waals surface area (Å²) in [6.45, 7) is 1.79. The highest BCUT2D eigenvalue weighted by atomic mass is 16.7. The molecule has 4 unspecified atom stereocenters. The molecule has 2 aromatic rings. The minimum absolute atomic E-state index is 0.0194. The highest BCUT2D eigenvalue weighted by Crippen LogP contribution is 2.44.